The fourth-order valence-corrected chi connectivity index (χ4v) is 3.12. The van der Waals surface area contributed by atoms with Crippen LogP contribution in [0, 0.1) is 5.92 Å². The first kappa shape index (κ1) is 18.8. The highest BCUT2D eigenvalue weighted by Crippen LogP contribution is 2.16. The van der Waals surface area contributed by atoms with Gasteiger partial charge in [0.15, 0.2) is 5.96 Å². The molecule has 1 heterocycles. The SMILES string of the molecule is CN=C(NCCC(C)C)NCc1ccccc1CN1CCCCC1. The monoisotopic (exact) mass is 330 g/mol. The van der Waals surface area contributed by atoms with Crippen LogP contribution in [-0.4, -0.2) is 37.5 Å². The Morgan fingerprint density at radius 2 is 1.79 bits per heavy atom. The predicted molar refractivity (Wildman–Crippen MR) is 103 cm³/mol. The van der Waals surface area contributed by atoms with Crippen molar-refractivity contribution in [2.45, 2.75) is 52.6 Å². The average Bonchev–Trinajstić information content (AvgIpc) is 2.59. The van der Waals surface area contributed by atoms with Crippen LogP contribution in [0.5, 0.6) is 0 Å². The quantitative estimate of drug-likeness (QED) is 0.595. The topological polar surface area (TPSA) is 39.7 Å². The molecule has 2 N–H and O–H groups in total. The molecule has 0 amide bonds. The van der Waals surface area contributed by atoms with E-state index in [0.29, 0.717) is 5.92 Å². The zero-order chi connectivity index (χ0) is 17.2. The highest BCUT2D eigenvalue weighted by atomic mass is 15.2. The Morgan fingerprint density at radius 3 is 2.46 bits per heavy atom. The minimum Gasteiger partial charge on any atom is -0.356 e. The van der Waals surface area contributed by atoms with Crippen molar-refractivity contribution in [3.05, 3.63) is 35.4 Å². The molecule has 0 unspecified atom stereocenters. The molecule has 24 heavy (non-hydrogen) atoms. The van der Waals surface area contributed by atoms with Gasteiger partial charge < -0.3 is 10.6 Å². The lowest BCUT2D eigenvalue weighted by Crippen LogP contribution is -2.38. The number of benzene rings is 1. The Balaban J connectivity index is 1.86. The summed E-state index contributed by atoms with van der Waals surface area (Å²) in [4.78, 5) is 6.91. The number of rotatable bonds is 7. The van der Waals surface area contributed by atoms with E-state index in [1.807, 2.05) is 7.05 Å². The third-order valence-corrected chi connectivity index (χ3v) is 4.65. The molecule has 0 aliphatic carbocycles. The lowest BCUT2D eigenvalue weighted by Gasteiger charge is -2.27. The summed E-state index contributed by atoms with van der Waals surface area (Å²) in [5.74, 6) is 1.60. The molecule has 0 atom stereocenters. The van der Waals surface area contributed by atoms with E-state index in [9.17, 15) is 0 Å². The number of hydrogen-bond acceptors (Lipinski definition) is 2. The minimum absolute atomic E-state index is 0.709. The molecule has 0 bridgehead atoms. The number of hydrogen-bond donors (Lipinski definition) is 2. The molecule has 0 aromatic heterocycles. The van der Waals surface area contributed by atoms with Gasteiger partial charge >= 0.3 is 0 Å². The fraction of sp³-hybridized carbons (Fsp3) is 0.650. The van der Waals surface area contributed by atoms with Crippen molar-refractivity contribution in [2.75, 3.05) is 26.7 Å². The Bertz CT molecular complexity index is 504. The molecule has 1 aliphatic heterocycles. The second kappa shape index (κ2) is 10.3. The van der Waals surface area contributed by atoms with Gasteiger partial charge in [0.2, 0.25) is 0 Å². The van der Waals surface area contributed by atoms with Gasteiger partial charge in [-0.2, -0.15) is 0 Å². The molecule has 4 heteroatoms. The maximum Gasteiger partial charge on any atom is 0.191 e. The number of likely N-dealkylation sites (tertiary alicyclic amines) is 1. The number of nitrogens with one attached hydrogen (secondary N) is 2. The Hall–Kier alpha value is -1.55. The van der Waals surface area contributed by atoms with Crippen LogP contribution in [-0.2, 0) is 13.1 Å². The molecule has 4 nitrogen and oxygen atoms in total. The van der Waals surface area contributed by atoms with Gasteiger partial charge in [-0.25, -0.2) is 0 Å². The molecule has 0 saturated carbocycles. The molecule has 1 aromatic rings. The highest BCUT2D eigenvalue weighted by Gasteiger charge is 2.12. The smallest absolute Gasteiger partial charge is 0.191 e. The molecule has 1 aliphatic rings. The van der Waals surface area contributed by atoms with Crippen molar-refractivity contribution < 1.29 is 0 Å². The number of guanidine groups is 1. The summed E-state index contributed by atoms with van der Waals surface area (Å²) < 4.78 is 0. The third-order valence-electron chi connectivity index (χ3n) is 4.65. The van der Waals surface area contributed by atoms with E-state index in [1.54, 1.807) is 0 Å². The van der Waals surface area contributed by atoms with Gasteiger partial charge in [0.1, 0.15) is 0 Å². The van der Waals surface area contributed by atoms with E-state index < -0.39 is 0 Å². The standard InChI is InChI=1S/C20H34N4/c1-17(2)11-12-22-20(21-3)23-15-18-9-5-6-10-19(18)16-24-13-7-4-8-14-24/h5-6,9-10,17H,4,7-8,11-16H2,1-3H3,(H2,21,22,23). The molecular formula is C20H34N4. The van der Waals surface area contributed by atoms with Crippen LogP contribution in [0.3, 0.4) is 0 Å². The second-order valence-corrected chi connectivity index (χ2v) is 7.14. The largest absolute Gasteiger partial charge is 0.356 e. The normalized spacial score (nSPS) is 16.4. The first-order valence-electron chi connectivity index (χ1n) is 9.42. The van der Waals surface area contributed by atoms with Gasteiger partial charge in [-0.3, -0.25) is 9.89 Å². The molecule has 0 radical (unpaired) electrons. The van der Waals surface area contributed by atoms with Crippen LogP contribution in [0.25, 0.3) is 0 Å². The Morgan fingerprint density at radius 1 is 1.08 bits per heavy atom. The molecule has 0 spiro atoms. The van der Waals surface area contributed by atoms with E-state index in [2.05, 4.69) is 58.6 Å². The van der Waals surface area contributed by atoms with Gasteiger partial charge in [0.05, 0.1) is 0 Å². The van der Waals surface area contributed by atoms with Gasteiger partial charge in [-0.15, -0.1) is 0 Å². The zero-order valence-electron chi connectivity index (χ0n) is 15.6. The van der Waals surface area contributed by atoms with Crippen LogP contribution in [0.15, 0.2) is 29.3 Å². The summed E-state index contributed by atoms with van der Waals surface area (Å²) in [6.45, 7) is 9.82. The van der Waals surface area contributed by atoms with Gasteiger partial charge in [-0.05, 0) is 49.4 Å². The molecule has 1 saturated heterocycles. The van der Waals surface area contributed by atoms with Gasteiger partial charge in [0, 0.05) is 26.7 Å². The van der Waals surface area contributed by atoms with Crippen LogP contribution in [0.1, 0.15) is 50.7 Å². The summed E-state index contributed by atoms with van der Waals surface area (Å²) in [5, 5.41) is 6.86. The van der Waals surface area contributed by atoms with Gasteiger partial charge in [-0.1, -0.05) is 44.5 Å². The van der Waals surface area contributed by atoms with Gasteiger partial charge in [0.25, 0.3) is 0 Å². The molecule has 1 fully saturated rings. The molecule has 1 aromatic carbocycles. The zero-order valence-corrected chi connectivity index (χ0v) is 15.6. The lowest BCUT2D eigenvalue weighted by atomic mass is 10.0. The third kappa shape index (κ3) is 6.52. The van der Waals surface area contributed by atoms with Crippen LogP contribution in [0.2, 0.25) is 0 Å². The van der Waals surface area contributed by atoms with Crippen molar-refractivity contribution in [1.29, 1.82) is 0 Å². The van der Waals surface area contributed by atoms with Crippen LogP contribution in [0.4, 0.5) is 0 Å². The highest BCUT2D eigenvalue weighted by molar-refractivity contribution is 5.79. The van der Waals surface area contributed by atoms with Crippen molar-refractivity contribution in [1.82, 2.24) is 15.5 Å². The average molecular weight is 331 g/mol. The number of nitrogens with zero attached hydrogens (tertiary/aromatic N) is 2. The summed E-state index contributed by atoms with van der Waals surface area (Å²) in [7, 11) is 1.84. The maximum atomic E-state index is 4.33. The minimum atomic E-state index is 0.709. The van der Waals surface area contributed by atoms with E-state index >= 15 is 0 Å². The molecular weight excluding hydrogens is 296 g/mol. The second-order valence-electron chi connectivity index (χ2n) is 7.14. The summed E-state index contributed by atoms with van der Waals surface area (Å²) in [5.41, 5.74) is 2.81. The molecule has 134 valence electrons. The lowest BCUT2D eigenvalue weighted by molar-refractivity contribution is 0.220. The van der Waals surface area contributed by atoms with E-state index in [0.717, 1.165) is 32.0 Å². The van der Waals surface area contributed by atoms with Crippen molar-refractivity contribution in [2.24, 2.45) is 10.9 Å². The fourth-order valence-electron chi connectivity index (χ4n) is 3.12. The van der Waals surface area contributed by atoms with Crippen molar-refractivity contribution in [3.8, 4) is 0 Å². The Labute approximate surface area is 147 Å². The van der Waals surface area contributed by atoms with E-state index in [1.165, 1.54) is 43.5 Å². The number of aliphatic imine (C=N–C) groups is 1. The van der Waals surface area contributed by atoms with Crippen molar-refractivity contribution in [3.63, 3.8) is 0 Å². The first-order valence-corrected chi connectivity index (χ1v) is 9.42. The van der Waals surface area contributed by atoms with E-state index in [4.69, 9.17) is 0 Å². The Kier molecular flexibility index (Phi) is 8.10. The van der Waals surface area contributed by atoms with E-state index in [-0.39, 0.29) is 0 Å². The molecule has 2 rings (SSSR count). The van der Waals surface area contributed by atoms with Crippen LogP contribution < -0.4 is 10.6 Å². The summed E-state index contributed by atoms with van der Waals surface area (Å²) in [6, 6.07) is 8.78. The predicted octanol–water partition coefficient (Wildman–Crippen LogP) is 3.38. The summed E-state index contributed by atoms with van der Waals surface area (Å²) >= 11 is 0. The first-order chi connectivity index (χ1) is 11.7. The van der Waals surface area contributed by atoms with Crippen LogP contribution >= 0.6 is 0 Å². The van der Waals surface area contributed by atoms with Crippen molar-refractivity contribution >= 4 is 5.96 Å². The number of piperidine rings is 1. The summed E-state index contributed by atoms with van der Waals surface area (Å²) in [6.07, 6.45) is 5.23. The maximum absolute atomic E-state index is 4.33.